The third kappa shape index (κ3) is 33.7. The number of carbonyl (C=O) groups is 2. The minimum atomic E-state index is -4.40. The zero-order valence-corrected chi connectivity index (χ0v) is 29.5. The number of unbranched alkanes of at least 4 members (excludes halogenated alkanes) is 16. The summed E-state index contributed by atoms with van der Waals surface area (Å²) in [5.41, 5.74) is 0. The molecule has 0 heterocycles. The average molecular weight is 660 g/mol. The van der Waals surface area contributed by atoms with Crippen molar-refractivity contribution in [2.24, 2.45) is 0 Å². The van der Waals surface area contributed by atoms with Crippen LogP contribution in [0.1, 0.15) is 155 Å². The fourth-order valence-electron chi connectivity index (χ4n) is 4.63. The maximum absolute atomic E-state index is 12.0. The second-order valence-corrected chi connectivity index (χ2v) is 13.3. The van der Waals surface area contributed by atoms with Crippen LogP contribution in [-0.4, -0.2) is 54.3 Å². The fraction of sp³-hybridized carbons (Fsp3) is 0.829. The molecule has 10 heteroatoms. The molecule has 0 radical (unpaired) electrons. The van der Waals surface area contributed by atoms with Gasteiger partial charge in [0.05, 0.1) is 13.2 Å². The van der Waals surface area contributed by atoms with Crippen molar-refractivity contribution >= 4 is 19.7 Å². The van der Waals surface area contributed by atoms with Gasteiger partial charge in [0.1, 0.15) is 12.7 Å². The monoisotopic (exact) mass is 659 g/mol. The van der Waals surface area contributed by atoms with Crippen LogP contribution in [0.3, 0.4) is 0 Å². The molecule has 0 aliphatic heterocycles. The van der Waals surface area contributed by atoms with Gasteiger partial charge < -0.3 is 20.1 Å². The normalized spacial score (nSPS) is 13.8. The quantitative estimate of drug-likeness (QED) is 0.0276. The van der Waals surface area contributed by atoms with E-state index in [1.165, 1.54) is 64.2 Å². The largest absolute Gasteiger partial charge is 0.472 e. The van der Waals surface area contributed by atoms with E-state index < -0.39 is 26.5 Å². The van der Waals surface area contributed by atoms with E-state index in [-0.39, 0.29) is 32.1 Å². The molecule has 2 unspecified atom stereocenters. The molecule has 0 aliphatic rings. The SMILES string of the molecule is CCCC/C=C\C/C=C\CCCCCCCC(=O)OCC(O)COP(=O)(O)OCCNC(=O)CCCCCCCCCCCC. The van der Waals surface area contributed by atoms with Gasteiger partial charge in [-0.2, -0.15) is 0 Å². The summed E-state index contributed by atoms with van der Waals surface area (Å²) in [6, 6.07) is 0. The first-order chi connectivity index (χ1) is 21.8. The summed E-state index contributed by atoms with van der Waals surface area (Å²) in [6.07, 6.45) is 31.0. The summed E-state index contributed by atoms with van der Waals surface area (Å²) < 4.78 is 26.7. The zero-order chi connectivity index (χ0) is 33.3. The van der Waals surface area contributed by atoms with Gasteiger partial charge in [-0.3, -0.25) is 18.6 Å². The summed E-state index contributed by atoms with van der Waals surface area (Å²) in [4.78, 5) is 33.6. The predicted molar refractivity (Wildman–Crippen MR) is 183 cm³/mol. The molecule has 0 spiro atoms. The van der Waals surface area contributed by atoms with Crippen molar-refractivity contribution in [3.8, 4) is 0 Å². The van der Waals surface area contributed by atoms with Crippen LogP contribution < -0.4 is 5.32 Å². The summed E-state index contributed by atoms with van der Waals surface area (Å²) in [7, 11) is -4.40. The Labute approximate surface area is 274 Å². The molecule has 0 saturated carbocycles. The van der Waals surface area contributed by atoms with Gasteiger partial charge in [-0.25, -0.2) is 4.57 Å². The predicted octanol–water partition coefficient (Wildman–Crippen LogP) is 8.87. The van der Waals surface area contributed by atoms with Crippen LogP contribution in [0.4, 0.5) is 0 Å². The van der Waals surface area contributed by atoms with E-state index in [1.54, 1.807) is 0 Å². The Bertz CT molecular complexity index is 805. The minimum absolute atomic E-state index is 0.0821. The van der Waals surface area contributed by atoms with Crippen LogP contribution in [0.2, 0.25) is 0 Å². The van der Waals surface area contributed by atoms with E-state index in [0.29, 0.717) is 6.42 Å². The number of hydrogen-bond acceptors (Lipinski definition) is 7. The molecule has 2 atom stereocenters. The lowest BCUT2D eigenvalue weighted by molar-refractivity contribution is -0.147. The molecule has 9 nitrogen and oxygen atoms in total. The van der Waals surface area contributed by atoms with Gasteiger partial charge in [0.15, 0.2) is 0 Å². The Kier molecular flexibility index (Phi) is 31.3. The fourth-order valence-corrected chi connectivity index (χ4v) is 5.39. The molecule has 0 aromatic carbocycles. The molecule has 264 valence electrons. The smallest absolute Gasteiger partial charge is 0.463 e. The molecule has 0 aliphatic carbocycles. The Balaban J connectivity index is 3.66. The van der Waals surface area contributed by atoms with Crippen molar-refractivity contribution in [3.05, 3.63) is 24.3 Å². The summed E-state index contributed by atoms with van der Waals surface area (Å²) >= 11 is 0. The number of nitrogens with one attached hydrogen (secondary N) is 1. The highest BCUT2D eigenvalue weighted by Crippen LogP contribution is 2.42. The summed E-state index contributed by atoms with van der Waals surface area (Å²) in [5.74, 6) is -0.533. The van der Waals surface area contributed by atoms with Crippen molar-refractivity contribution in [2.45, 2.75) is 161 Å². The number of carbonyl (C=O) groups excluding carboxylic acids is 2. The van der Waals surface area contributed by atoms with Gasteiger partial charge in [-0.15, -0.1) is 0 Å². The van der Waals surface area contributed by atoms with Crippen LogP contribution in [0, 0.1) is 0 Å². The lowest BCUT2D eigenvalue weighted by Crippen LogP contribution is -2.27. The molecule has 45 heavy (non-hydrogen) atoms. The summed E-state index contributed by atoms with van der Waals surface area (Å²) in [6.45, 7) is 3.46. The first-order valence-electron chi connectivity index (χ1n) is 17.8. The molecule has 0 fully saturated rings. The third-order valence-electron chi connectivity index (χ3n) is 7.38. The molecular weight excluding hydrogens is 593 g/mol. The van der Waals surface area contributed by atoms with Crippen molar-refractivity contribution in [2.75, 3.05) is 26.4 Å². The van der Waals surface area contributed by atoms with Crippen molar-refractivity contribution in [1.29, 1.82) is 0 Å². The number of rotatable bonds is 33. The number of esters is 1. The lowest BCUT2D eigenvalue weighted by Gasteiger charge is -2.15. The molecular formula is C35H66NO8P. The number of hydrogen-bond donors (Lipinski definition) is 3. The highest BCUT2D eigenvalue weighted by Gasteiger charge is 2.23. The molecule has 1 amide bonds. The zero-order valence-electron chi connectivity index (χ0n) is 28.6. The van der Waals surface area contributed by atoms with Gasteiger partial charge in [-0.1, -0.05) is 128 Å². The number of phosphoric acid groups is 1. The molecule has 0 rings (SSSR count). The van der Waals surface area contributed by atoms with Crippen LogP contribution in [0.25, 0.3) is 0 Å². The summed E-state index contributed by atoms with van der Waals surface area (Å²) in [5, 5.41) is 12.6. The highest BCUT2D eigenvalue weighted by atomic mass is 31.2. The number of aliphatic hydroxyl groups is 1. The molecule has 3 N–H and O–H groups in total. The first-order valence-corrected chi connectivity index (χ1v) is 19.3. The molecule has 0 saturated heterocycles. The number of ether oxygens (including phenoxy) is 1. The van der Waals surface area contributed by atoms with Crippen LogP contribution in [0.5, 0.6) is 0 Å². The Morgan fingerprint density at radius 2 is 1.22 bits per heavy atom. The molecule has 0 aromatic rings. The Hall–Kier alpha value is -1.51. The number of allylic oxidation sites excluding steroid dienone is 4. The maximum atomic E-state index is 12.0. The maximum Gasteiger partial charge on any atom is 0.472 e. The third-order valence-corrected chi connectivity index (χ3v) is 8.37. The van der Waals surface area contributed by atoms with Gasteiger partial charge >= 0.3 is 13.8 Å². The number of phosphoric ester groups is 1. The molecule has 0 aromatic heterocycles. The van der Waals surface area contributed by atoms with E-state index in [4.69, 9.17) is 13.8 Å². The standard InChI is InChI=1S/C35H66NO8P/c1-3-5-7-9-11-13-15-16-17-18-20-22-24-26-28-35(39)42-31-33(37)32-44-45(40,41)43-30-29-36-34(38)27-25-23-21-19-14-12-10-8-6-4-2/h9,11,15-16,33,37H,3-8,10,12-14,17-32H2,1-2H3,(H,36,38)(H,40,41)/b11-9-,16-15-. The van der Waals surface area contributed by atoms with Crippen LogP contribution in [-0.2, 0) is 27.9 Å². The van der Waals surface area contributed by atoms with Gasteiger partial charge in [0, 0.05) is 19.4 Å². The number of aliphatic hydroxyl groups excluding tert-OH is 1. The number of amides is 1. The van der Waals surface area contributed by atoms with E-state index in [2.05, 4.69) is 43.5 Å². The van der Waals surface area contributed by atoms with E-state index in [0.717, 1.165) is 64.2 Å². The highest BCUT2D eigenvalue weighted by molar-refractivity contribution is 7.47. The van der Waals surface area contributed by atoms with Gasteiger partial charge in [0.2, 0.25) is 5.91 Å². The van der Waals surface area contributed by atoms with Gasteiger partial charge in [-0.05, 0) is 38.5 Å². The molecule has 0 bridgehead atoms. The van der Waals surface area contributed by atoms with Crippen molar-refractivity contribution in [3.63, 3.8) is 0 Å². The average Bonchev–Trinajstić information content (AvgIpc) is 3.02. The van der Waals surface area contributed by atoms with E-state index in [9.17, 15) is 24.2 Å². The van der Waals surface area contributed by atoms with Gasteiger partial charge in [0.25, 0.3) is 0 Å². The topological polar surface area (TPSA) is 131 Å². The Morgan fingerprint density at radius 1 is 0.689 bits per heavy atom. The van der Waals surface area contributed by atoms with Crippen LogP contribution in [0.15, 0.2) is 24.3 Å². The Morgan fingerprint density at radius 3 is 1.84 bits per heavy atom. The van der Waals surface area contributed by atoms with Crippen LogP contribution >= 0.6 is 7.82 Å². The van der Waals surface area contributed by atoms with Crippen molar-refractivity contribution in [1.82, 2.24) is 5.32 Å². The lowest BCUT2D eigenvalue weighted by atomic mass is 10.1. The minimum Gasteiger partial charge on any atom is -0.463 e. The second kappa shape index (κ2) is 32.4. The van der Waals surface area contributed by atoms with E-state index in [1.807, 2.05) is 0 Å². The second-order valence-electron chi connectivity index (χ2n) is 11.8. The first kappa shape index (κ1) is 43.5. The van der Waals surface area contributed by atoms with Crippen molar-refractivity contribution < 1.29 is 37.9 Å². The van der Waals surface area contributed by atoms with E-state index >= 15 is 0 Å².